The van der Waals surface area contributed by atoms with Crippen LogP contribution in [-0.2, 0) is 4.74 Å². The molecule has 1 atom stereocenters. The van der Waals surface area contributed by atoms with Crippen LogP contribution >= 0.6 is 11.6 Å². The summed E-state index contributed by atoms with van der Waals surface area (Å²) in [6.07, 6.45) is -1.23. The third-order valence-corrected chi connectivity index (χ3v) is 2.01. The number of rotatable bonds is 5. The van der Waals surface area contributed by atoms with Crippen LogP contribution in [0.4, 0.5) is 0 Å². The molecule has 0 amide bonds. The SMILES string of the molecule is Cc1ccc(OCOC(O)CO)c(Cl)c1. The van der Waals surface area contributed by atoms with Crippen LogP contribution in [0.1, 0.15) is 5.56 Å². The molecule has 0 aliphatic heterocycles. The molecule has 0 saturated carbocycles. The van der Waals surface area contributed by atoms with Crippen molar-refractivity contribution in [3.8, 4) is 5.75 Å². The zero-order valence-electron chi connectivity index (χ0n) is 8.31. The van der Waals surface area contributed by atoms with Crippen LogP contribution < -0.4 is 4.74 Å². The lowest BCUT2D eigenvalue weighted by Crippen LogP contribution is -2.19. The van der Waals surface area contributed by atoms with Crippen LogP contribution in [-0.4, -0.2) is 29.9 Å². The smallest absolute Gasteiger partial charge is 0.192 e. The Morgan fingerprint density at radius 3 is 2.80 bits per heavy atom. The number of aryl methyl sites for hydroxylation is 1. The van der Waals surface area contributed by atoms with Crippen molar-refractivity contribution in [2.45, 2.75) is 13.2 Å². The predicted molar refractivity (Wildman–Crippen MR) is 55.9 cm³/mol. The summed E-state index contributed by atoms with van der Waals surface area (Å²) in [5, 5.41) is 17.8. The van der Waals surface area contributed by atoms with E-state index in [0.717, 1.165) is 5.56 Å². The number of aliphatic hydroxyl groups is 2. The molecule has 84 valence electrons. The Kier molecular flexibility index (Phi) is 4.84. The molecule has 0 spiro atoms. The summed E-state index contributed by atoms with van der Waals surface area (Å²) in [7, 11) is 0. The van der Waals surface area contributed by atoms with Crippen LogP contribution in [0, 0.1) is 6.92 Å². The van der Waals surface area contributed by atoms with Crippen LogP contribution in [0.25, 0.3) is 0 Å². The molecule has 0 fully saturated rings. The van der Waals surface area contributed by atoms with Crippen LogP contribution in [0.2, 0.25) is 5.02 Å². The number of ether oxygens (including phenoxy) is 2. The lowest BCUT2D eigenvalue weighted by Gasteiger charge is -2.11. The average molecular weight is 233 g/mol. The van der Waals surface area contributed by atoms with Gasteiger partial charge in [-0.25, -0.2) is 0 Å². The van der Waals surface area contributed by atoms with Gasteiger partial charge in [-0.2, -0.15) is 0 Å². The van der Waals surface area contributed by atoms with E-state index in [2.05, 4.69) is 0 Å². The van der Waals surface area contributed by atoms with Gasteiger partial charge in [0, 0.05) is 0 Å². The Morgan fingerprint density at radius 1 is 1.47 bits per heavy atom. The van der Waals surface area contributed by atoms with Crippen molar-refractivity contribution >= 4 is 11.6 Å². The third kappa shape index (κ3) is 4.05. The van der Waals surface area contributed by atoms with Gasteiger partial charge in [0.2, 0.25) is 0 Å². The molecular weight excluding hydrogens is 220 g/mol. The van der Waals surface area contributed by atoms with Crippen molar-refractivity contribution in [3.63, 3.8) is 0 Å². The highest BCUT2D eigenvalue weighted by atomic mass is 35.5. The van der Waals surface area contributed by atoms with E-state index in [0.29, 0.717) is 10.8 Å². The van der Waals surface area contributed by atoms with Crippen LogP contribution in [0.3, 0.4) is 0 Å². The van der Waals surface area contributed by atoms with Crippen molar-refractivity contribution in [3.05, 3.63) is 28.8 Å². The largest absolute Gasteiger partial charge is 0.466 e. The van der Waals surface area contributed by atoms with Crippen molar-refractivity contribution in [2.24, 2.45) is 0 Å². The first-order valence-corrected chi connectivity index (χ1v) is 4.80. The third-order valence-electron chi connectivity index (χ3n) is 1.72. The number of hydrogen-bond donors (Lipinski definition) is 2. The summed E-state index contributed by atoms with van der Waals surface area (Å²) in [6, 6.07) is 5.33. The molecule has 1 unspecified atom stereocenters. The highest BCUT2D eigenvalue weighted by Crippen LogP contribution is 2.24. The first kappa shape index (κ1) is 12.3. The van der Waals surface area contributed by atoms with Crippen molar-refractivity contribution in [1.82, 2.24) is 0 Å². The standard InChI is InChI=1S/C10H13ClO4/c1-7-2-3-9(8(11)4-7)14-6-15-10(13)5-12/h2-4,10,12-13H,5-6H2,1H3. The van der Waals surface area contributed by atoms with Crippen LogP contribution in [0.5, 0.6) is 5.75 Å². The van der Waals surface area contributed by atoms with E-state index >= 15 is 0 Å². The van der Waals surface area contributed by atoms with E-state index in [4.69, 9.17) is 31.3 Å². The molecule has 0 heterocycles. The van der Waals surface area contributed by atoms with E-state index in [1.54, 1.807) is 12.1 Å². The number of benzene rings is 1. The summed E-state index contributed by atoms with van der Waals surface area (Å²) in [5.41, 5.74) is 1.03. The molecule has 0 radical (unpaired) electrons. The first-order chi connectivity index (χ1) is 7.13. The lowest BCUT2D eigenvalue weighted by atomic mass is 10.2. The van der Waals surface area contributed by atoms with Gasteiger partial charge in [-0.1, -0.05) is 17.7 Å². The first-order valence-electron chi connectivity index (χ1n) is 4.43. The molecule has 2 N–H and O–H groups in total. The normalized spacial score (nSPS) is 12.5. The monoisotopic (exact) mass is 232 g/mol. The summed E-state index contributed by atoms with van der Waals surface area (Å²) < 4.78 is 9.84. The fourth-order valence-electron chi connectivity index (χ4n) is 0.952. The van der Waals surface area contributed by atoms with Gasteiger partial charge in [0.1, 0.15) is 5.75 Å². The lowest BCUT2D eigenvalue weighted by molar-refractivity contribution is -0.160. The molecule has 1 aromatic carbocycles. The number of hydrogen-bond acceptors (Lipinski definition) is 4. The maximum Gasteiger partial charge on any atom is 0.192 e. The number of aliphatic hydroxyl groups excluding tert-OH is 2. The Bertz CT molecular complexity index is 316. The quantitative estimate of drug-likeness (QED) is 0.752. The zero-order chi connectivity index (χ0) is 11.3. The van der Waals surface area contributed by atoms with Gasteiger partial charge >= 0.3 is 0 Å². The Labute approximate surface area is 93.0 Å². The predicted octanol–water partition coefficient (Wildman–Crippen LogP) is 1.31. The highest BCUT2D eigenvalue weighted by molar-refractivity contribution is 6.32. The summed E-state index contributed by atoms with van der Waals surface area (Å²) in [6.45, 7) is 1.29. The van der Waals surface area contributed by atoms with E-state index < -0.39 is 12.9 Å². The molecular formula is C10H13ClO4. The Hall–Kier alpha value is -0.810. The molecule has 15 heavy (non-hydrogen) atoms. The van der Waals surface area contributed by atoms with Gasteiger partial charge in [-0.05, 0) is 24.6 Å². The van der Waals surface area contributed by atoms with Gasteiger partial charge < -0.3 is 19.7 Å². The van der Waals surface area contributed by atoms with Gasteiger partial charge in [0.15, 0.2) is 13.1 Å². The van der Waals surface area contributed by atoms with E-state index in [9.17, 15) is 0 Å². The van der Waals surface area contributed by atoms with Gasteiger partial charge in [-0.15, -0.1) is 0 Å². The Morgan fingerprint density at radius 2 is 2.20 bits per heavy atom. The van der Waals surface area contributed by atoms with E-state index in [1.807, 2.05) is 13.0 Å². The van der Waals surface area contributed by atoms with Crippen LogP contribution in [0.15, 0.2) is 18.2 Å². The maximum atomic E-state index is 8.86. The van der Waals surface area contributed by atoms with E-state index in [1.165, 1.54) is 0 Å². The zero-order valence-corrected chi connectivity index (χ0v) is 9.07. The second-order valence-electron chi connectivity index (χ2n) is 3.00. The van der Waals surface area contributed by atoms with Gasteiger partial charge in [0.25, 0.3) is 0 Å². The minimum Gasteiger partial charge on any atom is -0.466 e. The molecule has 0 aliphatic carbocycles. The fourth-order valence-corrected chi connectivity index (χ4v) is 1.24. The van der Waals surface area contributed by atoms with E-state index in [-0.39, 0.29) is 6.79 Å². The summed E-state index contributed by atoms with van der Waals surface area (Å²) in [5.74, 6) is 0.479. The summed E-state index contributed by atoms with van der Waals surface area (Å²) >= 11 is 5.89. The fraction of sp³-hybridized carbons (Fsp3) is 0.400. The van der Waals surface area contributed by atoms with Crippen molar-refractivity contribution in [2.75, 3.05) is 13.4 Å². The molecule has 0 aromatic heterocycles. The minimum atomic E-state index is -1.23. The molecule has 0 aliphatic rings. The molecule has 1 aromatic rings. The highest BCUT2D eigenvalue weighted by Gasteiger charge is 2.04. The molecule has 4 nitrogen and oxygen atoms in total. The van der Waals surface area contributed by atoms with Gasteiger partial charge in [0.05, 0.1) is 11.6 Å². The average Bonchev–Trinajstić information content (AvgIpc) is 2.21. The Balaban J connectivity index is 2.44. The molecule has 0 saturated heterocycles. The van der Waals surface area contributed by atoms with Gasteiger partial charge in [-0.3, -0.25) is 0 Å². The summed E-state index contributed by atoms with van der Waals surface area (Å²) in [4.78, 5) is 0. The number of halogens is 1. The minimum absolute atomic E-state index is 0.162. The maximum absolute atomic E-state index is 8.86. The second-order valence-corrected chi connectivity index (χ2v) is 3.41. The van der Waals surface area contributed by atoms with Crippen molar-refractivity contribution in [1.29, 1.82) is 0 Å². The molecule has 5 heteroatoms. The topological polar surface area (TPSA) is 58.9 Å². The molecule has 1 rings (SSSR count). The second kappa shape index (κ2) is 5.92. The van der Waals surface area contributed by atoms with Crippen molar-refractivity contribution < 1.29 is 19.7 Å². The molecule has 0 bridgehead atoms.